The Bertz CT molecular complexity index is 604. The third-order valence-corrected chi connectivity index (χ3v) is 4.04. The Hall–Kier alpha value is -2.09. The van der Waals surface area contributed by atoms with Crippen molar-refractivity contribution in [3.63, 3.8) is 0 Å². The van der Waals surface area contributed by atoms with Gasteiger partial charge in [-0.2, -0.15) is 0 Å². The largest absolute Gasteiger partial charge is 0.495 e. The summed E-state index contributed by atoms with van der Waals surface area (Å²) in [6.07, 6.45) is -0.287. The van der Waals surface area contributed by atoms with E-state index in [4.69, 9.17) is 14.6 Å². The highest BCUT2D eigenvalue weighted by Gasteiger charge is 2.15. The average Bonchev–Trinajstić information content (AvgIpc) is 3.10. The Morgan fingerprint density at radius 3 is 2.83 bits per heavy atom. The smallest absolute Gasteiger partial charge is 0.319 e. The number of methoxy groups -OCH3 is 1. The van der Waals surface area contributed by atoms with Crippen LogP contribution in [0.15, 0.2) is 41.8 Å². The molecule has 1 heterocycles. The van der Waals surface area contributed by atoms with E-state index in [0.717, 1.165) is 4.88 Å². The third-order valence-electron chi connectivity index (χ3n) is 3.07. The molecule has 1 aromatic heterocycles. The predicted octanol–water partition coefficient (Wildman–Crippen LogP) is 2.63. The molecule has 2 aromatic rings. The molecular weight excluding hydrogens is 316 g/mol. The van der Waals surface area contributed by atoms with E-state index in [1.165, 1.54) is 0 Å². The van der Waals surface area contributed by atoms with Crippen LogP contribution < -0.4 is 15.4 Å². The Morgan fingerprint density at radius 2 is 2.13 bits per heavy atom. The van der Waals surface area contributed by atoms with E-state index in [9.17, 15) is 4.79 Å². The second kappa shape index (κ2) is 9.14. The van der Waals surface area contributed by atoms with E-state index in [0.29, 0.717) is 18.0 Å². The Kier molecular flexibility index (Phi) is 6.86. The second-order valence-corrected chi connectivity index (χ2v) is 5.61. The van der Waals surface area contributed by atoms with Crippen LogP contribution in [0.5, 0.6) is 5.75 Å². The van der Waals surface area contributed by atoms with Gasteiger partial charge in [-0.25, -0.2) is 4.79 Å². The lowest BCUT2D eigenvalue weighted by Gasteiger charge is -2.17. The van der Waals surface area contributed by atoms with Crippen LogP contribution in [0.2, 0.25) is 0 Å². The number of hydrogen-bond donors (Lipinski definition) is 3. The van der Waals surface area contributed by atoms with Crippen molar-refractivity contribution in [2.24, 2.45) is 0 Å². The number of thiophene rings is 1. The first-order valence-electron chi connectivity index (χ1n) is 7.18. The molecule has 0 bridgehead atoms. The summed E-state index contributed by atoms with van der Waals surface area (Å²) >= 11 is 1.54. The summed E-state index contributed by atoms with van der Waals surface area (Å²) in [7, 11) is 1.55. The molecule has 2 amide bonds. The fraction of sp³-hybridized carbons (Fsp3) is 0.312. The number of carbonyl (C=O) groups excluding carboxylic acids is 1. The number of carbonyl (C=O) groups is 1. The fourth-order valence-electron chi connectivity index (χ4n) is 2.01. The number of amides is 2. The molecule has 0 unspecified atom stereocenters. The number of ether oxygens (including phenoxy) is 2. The molecule has 6 nitrogen and oxygen atoms in total. The third kappa shape index (κ3) is 5.24. The number of anilines is 1. The monoisotopic (exact) mass is 336 g/mol. The summed E-state index contributed by atoms with van der Waals surface area (Å²) in [5, 5.41) is 16.4. The van der Waals surface area contributed by atoms with Crippen molar-refractivity contribution in [1.29, 1.82) is 0 Å². The van der Waals surface area contributed by atoms with Gasteiger partial charge < -0.3 is 25.2 Å². The number of rotatable bonds is 8. The number of aliphatic hydroxyl groups excluding tert-OH is 1. The highest BCUT2D eigenvalue weighted by atomic mass is 32.1. The van der Waals surface area contributed by atoms with Crippen molar-refractivity contribution in [2.75, 3.05) is 32.2 Å². The maximum absolute atomic E-state index is 12.0. The highest BCUT2D eigenvalue weighted by Crippen LogP contribution is 2.24. The van der Waals surface area contributed by atoms with Gasteiger partial charge in [0.15, 0.2) is 0 Å². The van der Waals surface area contributed by atoms with Gasteiger partial charge in [0, 0.05) is 4.88 Å². The SMILES string of the molecule is COc1ccccc1NC(=O)NC[C@@H](OCCO)c1cccs1. The minimum absolute atomic E-state index is 0.0602. The minimum Gasteiger partial charge on any atom is -0.495 e. The molecule has 124 valence electrons. The summed E-state index contributed by atoms with van der Waals surface area (Å²) in [6.45, 7) is 0.467. The van der Waals surface area contributed by atoms with Gasteiger partial charge in [-0.1, -0.05) is 18.2 Å². The molecule has 23 heavy (non-hydrogen) atoms. The molecule has 0 saturated heterocycles. The van der Waals surface area contributed by atoms with Crippen molar-refractivity contribution < 1.29 is 19.4 Å². The van der Waals surface area contributed by atoms with E-state index in [2.05, 4.69) is 10.6 Å². The number of aliphatic hydroxyl groups is 1. The van der Waals surface area contributed by atoms with E-state index < -0.39 is 0 Å². The molecule has 0 fully saturated rings. The van der Waals surface area contributed by atoms with E-state index >= 15 is 0 Å². The number of nitrogens with one attached hydrogen (secondary N) is 2. The fourth-order valence-corrected chi connectivity index (χ4v) is 2.79. The number of para-hydroxylation sites is 2. The Morgan fingerprint density at radius 1 is 1.30 bits per heavy atom. The first-order chi connectivity index (χ1) is 11.2. The van der Waals surface area contributed by atoms with Crippen LogP contribution in [0.1, 0.15) is 11.0 Å². The maximum atomic E-state index is 12.0. The van der Waals surface area contributed by atoms with Crippen LogP contribution in [0.25, 0.3) is 0 Å². The van der Waals surface area contributed by atoms with E-state index in [1.807, 2.05) is 29.6 Å². The van der Waals surface area contributed by atoms with Crippen LogP contribution in [0.4, 0.5) is 10.5 Å². The molecule has 0 spiro atoms. The van der Waals surface area contributed by atoms with Crippen LogP contribution in [0.3, 0.4) is 0 Å². The van der Waals surface area contributed by atoms with E-state index in [1.54, 1.807) is 30.6 Å². The topological polar surface area (TPSA) is 79.8 Å². The molecular formula is C16H20N2O4S. The average molecular weight is 336 g/mol. The van der Waals surface area contributed by atoms with Gasteiger partial charge >= 0.3 is 6.03 Å². The molecule has 0 aliphatic rings. The van der Waals surface area contributed by atoms with Gasteiger partial charge in [0.1, 0.15) is 11.9 Å². The number of urea groups is 1. The van der Waals surface area contributed by atoms with Gasteiger partial charge in [-0.05, 0) is 23.6 Å². The summed E-state index contributed by atoms with van der Waals surface area (Å²) in [4.78, 5) is 13.0. The lowest BCUT2D eigenvalue weighted by molar-refractivity contribution is 0.0316. The zero-order valence-electron chi connectivity index (χ0n) is 12.8. The van der Waals surface area contributed by atoms with Gasteiger partial charge in [-0.3, -0.25) is 0 Å². The quantitative estimate of drug-likeness (QED) is 0.692. The second-order valence-electron chi connectivity index (χ2n) is 4.63. The number of benzene rings is 1. The first kappa shape index (κ1) is 17.3. The van der Waals surface area contributed by atoms with Crippen LogP contribution in [0, 0.1) is 0 Å². The molecule has 2 rings (SSSR count). The molecule has 0 radical (unpaired) electrons. The molecule has 7 heteroatoms. The van der Waals surface area contributed by atoms with Crippen molar-refractivity contribution >= 4 is 23.1 Å². The molecule has 1 atom stereocenters. The molecule has 3 N–H and O–H groups in total. The van der Waals surface area contributed by atoms with Crippen molar-refractivity contribution in [3.05, 3.63) is 46.7 Å². The highest BCUT2D eigenvalue weighted by molar-refractivity contribution is 7.10. The van der Waals surface area contributed by atoms with Crippen LogP contribution >= 0.6 is 11.3 Å². The van der Waals surface area contributed by atoms with Gasteiger partial charge in [0.25, 0.3) is 0 Å². The first-order valence-corrected chi connectivity index (χ1v) is 8.06. The lowest BCUT2D eigenvalue weighted by atomic mass is 10.3. The van der Waals surface area contributed by atoms with Gasteiger partial charge in [-0.15, -0.1) is 11.3 Å². The number of hydrogen-bond acceptors (Lipinski definition) is 5. The normalized spacial score (nSPS) is 11.7. The summed E-state index contributed by atoms with van der Waals surface area (Å²) in [5.41, 5.74) is 0.594. The molecule has 0 aliphatic carbocycles. The summed E-state index contributed by atoms with van der Waals surface area (Å²) < 4.78 is 10.8. The Balaban J connectivity index is 1.91. The van der Waals surface area contributed by atoms with Gasteiger partial charge in [0.2, 0.25) is 0 Å². The van der Waals surface area contributed by atoms with Crippen molar-refractivity contribution in [1.82, 2.24) is 5.32 Å². The van der Waals surface area contributed by atoms with Crippen LogP contribution in [-0.2, 0) is 4.74 Å². The summed E-state index contributed by atoms with van der Waals surface area (Å²) in [6, 6.07) is 10.7. The van der Waals surface area contributed by atoms with E-state index in [-0.39, 0.29) is 25.3 Å². The van der Waals surface area contributed by atoms with Gasteiger partial charge in [0.05, 0.1) is 32.6 Å². The molecule has 1 aromatic carbocycles. The predicted molar refractivity (Wildman–Crippen MR) is 90.1 cm³/mol. The maximum Gasteiger partial charge on any atom is 0.319 e. The standard InChI is InChI=1S/C16H20N2O4S/c1-21-13-6-3-2-5-12(13)18-16(20)17-11-14(22-9-8-19)15-7-4-10-23-15/h2-7,10,14,19H,8-9,11H2,1H3,(H2,17,18,20)/t14-/m1/s1. The van der Waals surface area contributed by atoms with Crippen molar-refractivity contribution in [2.45, 2.75) is 6.10 Å². The van der Waals surface area contributed by atoms with Crippen molar-refractivity contribution in [3.8, 4) is 5.75 Å². The zero-order valence-corrected chi connectivity index (χ0v) is 13.6. The van der Waals surface area contributed by atoms with Crippen LogP contribution in [-0.4, -0.2) is 38.0 Å². The molecule has 0 saturated carbocycles. The minimum atomic E-state index is -0.344. The summed E-state index contributed by atoms with van der Waals surface area (Å²) in [5.74, 6) is 0.592. The lowest BCUT2D eigenvalue weighted by Crippen LogP contribution is -2.33. The Labute approximate surface area is 139 Å². The molecule has 0 aliphatic heterocycles. The zero-order chi connectivity index (χ0) is 16.5.